The minimum Gasteiger partial charge on any atom is -0.396 e. The van der Waals surface area contributed by atoms with Crippen LogP contribution < -0.4 is 5.73 Å². The first-order valence-electron chi connectivity index (χ1n) is 4.57. The van der Waals surface area contributed by atoms with Crippen LogP contribution in [0.2, 0.25) is 0 Å². The average Bonchev–Trinajstić information content (AvgIpc) is 2.21. The molecule has 1 aromatic rings. The van der Waals surface area contributed by atoms with E-state index < -0.39 is 23.5 Å². The molecule has 0 radical (unpaired) electrons. The fraction of sp³-hybridized carbons (Fsp3) is 0.400. The molecular formula is C10H12F3NO. The smallest absolute Gasteiger partial charge is 0.194 e. The molecule has 1 aromatic carbocycles. The largest absolute Gasteiger partial charge is 0.396 e. The number of nitrogens with two attached hydrogens (primary N) is 1. The highest BCUT2D eigenvalue weighted by atomic mass is 19.2. The second-order valence-electron chi connectivity index (χ2n) is 3.27. The van der Waals surface area contributed by atoms with E-state index in [0.29, 0.717) is 12.8 Å². The standard InChI is InChI=1S/C10H12F3NO/c11-7-4-6(5-8(12)10(7)13)9(14)2-1-3-15/h4-5,9,15H,1-3,14H2/t9-/m1/s1. The van der Waals surface area contributed by atoms with Crippen LogP contribution in [0.25, 0.3) is 0 Å². The minimum atomic E-state index is -1.49. The fourth-order valence-corrected chi connectivity index (χ4v) is 1.27. The summed E-state index contributed by atoms with van der Waals surface area (Å²) >= 11 is 0. The Kier molecular flexibility index (Phi) is 4.11. The Hall–Kier alpha value is -1.07. The quantitative estimate of drug-likeness (QED) is 0.759. The van der Waals surface area contributed by atoms with E-state index in [1.54, 1.807) is 0 Å². The van der Waals surface area contributed by atoms with E-state index >= 15 is 0 Å². The highest BCUT2D eigenvalue weighted by Gasteiger charge is 2.14. The first-order valence-corrected chi connectivity index (χ1v) is 4.57. The monoisotopic (exact) mass is 219 g/mol. The first-order chi connectivity index (χ1) is 7.06. The van der Waals surface area contributed by atoms with Crippen molar-refractivity contribution in [3.63, 3.8) is 0 Å². The second kappa shape index (κ2) is 5.14. The van der Waals surface area contributed by atoms with E-state index in [0.717, 1.165) is 12.1 Å². The molecule has 0 fully saturated rings. The fourth-order valence-electron chi connectivity index (χ4n) is 1.27. The van der Waals surface area contributed by atoms with Gasteiger partial charge in [0.15, 0.2) is 17.5 Å². The van der Waals surface area contributed by atoms with Crippen molar-refractivity contribution >= 4 is 0 Å². The number of hydrogen-bond donors (Lipinski definition) is 2. The molecule has 0 amide bonds. The maximum Gasteiger partial charge on any atom is 0.194 e. The van der Waals surface area contributed by atoms with Crippen LogP contribution in [0.1, 0.15) is 24.4 Å². The van der Waals surface area contributed by atoms with Crippen molar-refractivity contribution in [1.29, 1.82) is 0 Å². The predicted octanol–water partition coefficient (Wildman–Crippen LogP) is 1.88. The van der Waals surface area contributed by atoms with E-state index in [1.165, 1.54) is 0 Å². The zero-order chi connectivity index (χ0) is 11.4. The van der Waals surface area contributed by atoms with Gasteiger partial charge in [-0.25, -0.2) is 13.2 Å². The van der Waals surface area contributed by atoms with Crippen molar-refractivity contribution in [2.24, 2.45) is 5.73 Å². The third-order valence-electron chi connectivity index (χ3n) is 2.11. The molecule has 0 unspecified atom stereocenters. The molecule has 2 nitrogen and oxygen atoms in total. The van der Waals surface area contributed by atoms with Crippen molar-refractivity contribution in [3.05, 3.63) is 35.1 Å². The summed E-state index contributed by atoms with van der Waals surface area (Å²) in [5.41, 5.74) is 5.80. The molecule has 0 spiro atoms. The molecule has 1 atom stereocenters. The van der Waals surface area contributed by atoms with Gasteiger partial charge in [-0.2, -0.15) is 0 Å². The molecule has 0 bridgehead atoms. The molecule has 0 aliphatic carbocycles. The van der Waals surface area contributed by atoms with Gasteiger partial charge < -0.3 is 10.8 Å². The number of benzene rings is 1. The van der Waals surface area contributed by atoms with Crippen LogP contribution in [0, 0.1) is 17.5 Å². The Bertz CT molecular complexity index is 320. The normalized spacial score (nSPS) is 12.9. The molecule has 3 N–H and O–H groups in total. The van der Waals surface area contributed by atoms with Gasteiger partial charge in [0.25, 0.3) is 0 Å². The first kappa shape index (κ1) is 12.0. The third kappa shape index (κ3) is 2.94. The van der Waals surface area contributed by atoms with Crippen molar-refractivity contribution in [2.45, 2.75) is 18.9 Å². The Balaban J connectivity index is 2.86. The SMILES string of the molecule is N[C@H](CCCO)c1cc(F)c(F)c(F)c1. The summed E-state index contributed by atoms with van der Waals surface area (Å²) in [6, 6.07) is 1.16. The van der Waals surface area contributed by atoms with Crippen molar-refractivity contribution < 1.29 is 18.3 Å². The van der Waals surface area contributed by atoms with Gasteiger partial charge in [-0.1, -0.05) is 0 Å². The summed E-state index contributed by atoms with van der Waals surface area (Å²) in [6.07, 6.45) is 0.822. The van der Waals surface area contributed by atoms with E-state index in [1.807, 2.05) is 0 Å². The number of aliphatic hydroxyl groups is 1. The Morgan fingerprint density at radius 3 is 2.20 bits per heavy atom. The van der Waals surface area contributed by atoms with Gasteiger partial charge in [0, 0.05) is 12.6 Å². The van der Waals surface area contributed by atoms with E-state index in [-0.39, 0.29) is 12.2 Å². The van der Waals surface area contributed by atoms with Crippen LogP contribution in [0.3, 0.4) is 0 Å². The van der Waals surface area contributed by atoms with Gasteiger partial charge in [-0.3, -0.25) is 0 Å². The van der Waals surface area contributed by atoms with Crippen LogP contribution in [-0.2, 0) is 0 Å². The number of aliphatic hydroxyl groups excluding tert-OH is 1. The van der Waals surface area contributed by atoms with Crippen LogP contribution in [0.4, 0.5) is 13.2 Å². The summed E-state index contributed by atoms with van der Waals surface area (Å²) in [4.78, 5) is 0. The summed E-state index contributed by atoms with van der Waals surface area (Å²) in [7, 11) is 0. The molecule has 84 valence electrons. The van der Waals surface area contributed by atoms with Gasteiger partial charge in [0.05, 0.1) is 0 Å². The number of rotatable bonds is 4. The molecular weight excluding hydrogens is 207 g/mol. The molecule has 0 aliphatic heterocycles. The molecule has 1 rings (SSSR count). The molecule has 0 saturated heterocycles. The van der Waals surface area contributed by atoms with Gasteiger partial charge in [-0.05, 0) is 30.5 Å². The van der Waals surface area contributed by atoms with E-state index in [2.05, 4.69) is 0 Å². The predicted molar refractivity (Wildman–Crippen MR) is 49.6 cm³/mol. The third-order valence-corrected chi connectivity index (χ3v) is 2.11. The topological polar surface area (TPSA) is 46.2 Å². The Morgan fingerprint density at radius 2 is 1.73 bits per heavy atom. The number of hydrogen-bond acceptors (Lipinski definition) is 2. The van der Waals surface area contributed by atoms with Crippen molar-refractivity contribution in [1.82, 2.24) is 0 Å². The van der Waals surface area contributed by atoms with Gasteiger partial charge in [0.1, 0.15) is 0 Å². The molecule has 0 aromatic heterocycles. The lowest BCUT2D eigenvalue weighted by Gasteiger charge is -2.11. The van der Waals surface area contributed by atoms with Crippen molar-refractivity contribution in [3.8, 4) is 0 Å². The molecule has 0 saturated carbocycles. The lowest BCUT2D eigenvalue weighted by molar-refractivity contribution is 0.280. The molecule has 5 heteroatoms. The summed E-state index contributed by atoms with van der Waals surface area (Å²) in [5, 5.41) is 8.55. The molecule has 15 heavy (non-hydrogen) atoms. The zero-order valence-corrected chi connectivity index (χ0v) is 8.01. The Morgan fingerprint density at radius 1 is 1.20 bits per heavy atom. The maximum absolute atomic E-state index is 12.8. The second-order valence-corrected chi connectivity index (χ2v) is 3.27. The Labute approximate surface area is 85.5 Å². The van der Waals surface area contributed by atoms with Crippen molar-refractivity contribution in [2.75, 3.05) is 6.61 Å². The van der Waals surface area contributed by atoms with E-state index in [4.69, 9.17) is 10.8 Å². The molecule has 0 heterocycles. The molecule has 0 aliphatic rings. The average molecular weight is 219 g/mol. The van der Waals surface area contributed by atoms with Gasteiger partial charge >= 0.3 is 0 Å². The minimum absolute atomic E-state index is 0.0418. The summed E-state index contributed by atoms with van der Waals surface area (Å²) in [6.45, 7) is -0.0418. The summed E-state index contributed by atoms with van der Waals surface area (Å²) in [5.74, 6) is -3.98. The van der Waals surface area contributed by atoms with Crippen LogP contribution in [0.15, 0.2) is 12.1 Å². The highest BCUT2D eigenvalue weighted by molar-refractivity contribution is 5.22. The maximum atomic E-state index is 12.8. The van der Waals surface area contributed by atoms with Crippen LogP contribution in [-0.4, -0.2) is 11.7 Å². The lowest BCUT2D eigenvalue weighted by Crippen LogP contribution is -2.12. The highest BCUT2D eigenvalue weighted by Crippen LogP contribution is 2.20. The zero-order valence-electron chi connectivity index (χ0n) is 8.01. The van der Waals surface area contributed by atoms with Gasteiger partial charge in [0.2, 0.25) is 0 Å². The lowest BCUT2D eigenvalue weighted by atomic mass is 10.0. The summed E-state index contributed by atoms with van der Waals surface area (Å²) < 4.78 is 38.2. The number of halogens is 3. The van der Waals surface area contributed by atoms with Gasteiger partial charge in [-0.15, -0.1) is 0 Å². The van der Waals surface area contributed by atoms with Crippen LogP contribution >= 0.6 is 0 Å². The van der Waals surface area contributed by atoms with Crippen LogP contribution in [0.5, 0.6) is 0 Å². The van der Waals surface area contributed by atoms with E-state index in [9.17, 15) is 13.2 Å².